The Labute approximate surface area is 104 Å². The van der Waals surface area contributed by atoms with Crippen LogP contribution in [0.2, 0.25) is 5.02 Å². The standard InChI is InChI=1S/C11H13ClFN2O2/c12-10-8(13)2-1-7(9(10)11(14)17)3-4-15-5-6-16/h1-3,15-16H,4-6H2,(H2,14,17). The van der Waals surface area contributed by atoms with Gasteiger partial charge in [-0.1, -0.05) is 17.7 Å². The van der Waals surface area contributed by atoms with E-state index in [0.29, 0.717) is 18.7 Å². The average molecular weight is 260 g/mol. The van der Waals surface area contributed by atoms with Crippen LogP contribution in [0.25, 0.3) is 0 Å². The number of aliphatic hydroxyl groups is 1. The lowest BCUT2D eigenvalue weighted by Gasteiger charge is -2.09. The highest BCUT2D eigenvalue weighted by Gasteiger charge is 2.16. The van der Waals surface area contributed by atoms with Crippen molar-refractivity contribution >= 4 is 17.5 Å². The molecule has 0 aliphatic carbocycles. The molecule has 1 aromatic rings. The van der Waals surface area contributed by atoms with Crippen molar-refractivity contribution in [3.05, 3.63) is 40.5 Å². The van der Waals surface area contributed by atoms with Gasteiger partial charge in [0.2, 0.25) is 0 Å². The first-order valence-corrected chi connectivity index (χ1v) is 5.38. The summed E-state index contributed by atoms with van der Waals surface area (Å²) < 4.78 is 13.2. The molecule has 0 heterocycles. The number of nitrogens with two attached hydrogens (primary N) is 1. The molecule has 0 aromatic heterocycles. The molecule has 0 spiro atoms. The molecular formula is C11H13ClFN2O2. The number of carbonyl (C=O) groups excluding carboxylic acids is 1. The fraction of sp³-hybridized carbons (Fsp3) is 0.273. The van der Waals surface area contributed by atoms with Gasteiger partial charge in [-0.05, 0) is 11.6 Å². The lowest BCUT2D eigenvalue weighted by Crippen LogP contribution is -2.21. The topological polar surface area (TPSA) is 75.4 Å². The third kappa shape index (κ3) is 3.66. The lowest BCUT2D eigenvalue weighted by atomic mass is 10.0. The second-order valence-electron chi connectivity index (χ2n) is 3.32. The molecule has 1 amide bonds. The molecule has 0 saturated heterocycles. The van der Waals surface area contributed by atoms with Crippen LogP contribution in [-0.2, 0) is 0 Å². The van der Waals surface area contributed by atoms with E-state index < -0.39 is 11.7 Å². The molecule has 1 rings (SSSR count). The van der Waals surface area contributed by atoms with Crippen molar-refractivity contribution in [2.24, 2.45) is 5.73 Å². The van der Waals surface area contributed by atoms with Crippen molar-refractivity contribution in [3.8, 4) is 0 Å². The van der Waals surface area contributed by atoms with Crippen LogP contribution in [0, 0.1) is 12.2 Å². The molecule has 6 heteroatoms. The minimum atomic E-state index is -0.775. The Morgan fingerprint density at radius 2 is 2.29 bits per heavy atom. The Morgan fingerprint density at radius 3 is 2.88 bits per heavy atom. The van der Waals surface area contributed by atoms with Gasteiger partial charge in [-0.3, -0.25) is 4.79 Å². The van der Waals surface area contributed by atoms with Crippen molar-refractivity contribution in [1.82, 2.24) is 5.32 Å². The molecule has 0 fully saturated rings. The second-order valence-corrected chi connectivity index (χ2v) is 3.70. The van der Waals surface area contributed by atoms with Crippen LogP contribution in [0.5, 0.6) is 0 Å². The number of hydrogen-bond acceptors (Lipinski definition) is 3. The third-order valence-electron chi connectivity index (χ3n) is 2.13. The van der Waals surface area contributed by atoms with Crippen molar-refractivity contribution in [2.75, 3.05) is 19.7 Å². The monoisotopic (exact) mass is 259 g/mol. The van der Waals surface area contributed by atoms with Crippen LogP contribution >= 0.6 is 11.6 Å². The second kappa shape index (κ2) is 6.54. The quantitative estimate of drug-likeness (QED) is 0.659. The molecule has 93 valence electrons. The summed E-state index contributed by atoms with van der Waals surface area (Å²) in [5.74, 6) is -1.45. The maximum Gasteiger partial charge on any atom is 0.250 e. The van der Waals surface area contributed by atoms with Gasteiger partial charge in [0, 0.05) is 19.5 Å². The minimum Gasteiger partial charge on any atom is -0.395 e. The van der Waals surface area contributed by atoms with E-state index in [1.807, 2.05) is 0 Å². The summed E-state index contributed by atoms with van der Waals surface area (Å²) in [4.78, 5) is 11.2. The Bertz CT molecular complexity index is 413. The first kappa shape index (κ1) is 13.9. The molecule has 0 aliphatic heterocycles. The normalized spacial score (nSPS) is 10.5. The van der Waals surface area contributed by atoms with Crippen molar-refractivity contribution in [2.45, 2.75) is 0 Å². The van der Waals surface area contributed by atoms with Crippen LogP contribution in [0.1, 0.15) is 15.9 Å². The third-order valence-corrected chi connectivity index (χ3v) is 2.50. The Morgan fingerprint density at radius 1 is 1.59 bits per heavy atom. The highest BCUT2D eigenvalue weighted by atomic mass is 35.5. The zero-order chi connectivity index (χ0) is 12.8. The van der Waals surface area contributed by atoms with E-state index in [1.165, 1.54) is 12.1 Å². The molecule has 17 heavy (non-hydrogen) atoms. The molecular weight excluding hydrogens is 247 g/mol. The van der Waals surface area contributed by atoms with Gasteiger partial charge in [-0.25, -0.2) is 4.39 Å². The number of primary amides is 1. The summed E-state index contributed by atoms with van der Waals surface area (Å²) in [7, 11) is 0. The first-order valence-electron chi connectivity index (χ1n) is 5.00. The molecule has 1 radical (unpaired) electrons. The number of benzene rings is 1. The first-order chi connectivity index (χ1) is 8.07. The van der Waals surface area contributed by atoms with Gasteiger partial charge in [0.1, 0.15) is 5.82 Å². The predicted octanol–water partition coefficient (Wildman–Crippen LogP) is 0.712. The van der Waals surface area contributed by atoms with E-state index >= 15 is 0 Å². The van der Waals surface area contributed by atoms with Gasteiger partial charge < -0.3 is 16.2 Å². The van der Waals surface area contributed by atoms with Crippen molar-refractivity contribution in [1.29, 1.82) is 0 Å². The van der Waals surface area contributed by atoms with Gasteiger partial charge >= 0.3 is 0 Å². The molecule has 0 unspecified atom stereocenters. The maximum atomic E-state index is 13.2. The highest BCUT2D eigenvalue weighted by Crippen LogP contribution is 2.24. The van der Waals surface area contributed by atoms with Crippen molar-refractivity contribution in [3.63, 3.8) is 0 Å². The summed E-state index contributed by atoms with van der Waals surface area (Å²) in [6, 6.07) is 2.61. The van der Waals surface area contributed by atoms with E-state index in [-0.39, 0.29) is 17.2 Å². The average Bonchev–Trinajstić information content (AvgIpc) is 2.28. The molecule has 1 aromatic carbocycles. The number of halogens is 2. The van der Waals surface area contributed by atoms with Gasteiger partial charge in [-0.15, -0.1) is 0 Å². The Hall–Kier alpha value is -1.17. The summed E-state index contributed by atoms with van der Waals surface area (Å²) in [6.45, 7) is 0.862. The van der Waals surface area contributed by atoms with Crippen LogP contribution in [0.15, 0.2) is 12.1 Å². The zero-order valence-electron chi connectivity index (χ0n) is 9.04. The summed E-state index contributed by atoms with van der Waals surface area (Å²) >= 11 is 5.68. The fourth-order valence-corrected chi connectivity index (χ4v) is 1.61. The van der Waals surface area contributed by atoms with E-state index in [9.17, 15) is 9.18 Å². The molecule has 0 bridgehead atoms. The molecule has 4 nitrogen and oxygen atoms in total. The van der Waals surface area contributed by atoms with Crippen LogP contribution < -0.4 is 11.1 Å². The Balaban J connectivity index is 2.84. The maximum absolute atomic E-state index is 13.2. The number of carbonyl (C=O) groups is 1. The zero-order valence-corrected chi connectivity index (χ0v) is 9.80. The van der Waals surface area contributed by atoms with Crippen LogP contribution in [-0.4, -0.2) is 30.7 Å². The Kier molecular flexibility index (Phi) is 5.34. The molecule has 0 atom stereocenters. The number of amides is 1. The molecule has 0 saturated carbocycles. The largest absolute Gasteiger partial charge is 0.395 e. The van der Waals surface area contributed by atoms with Gasteiger partial charge in [0.05, 0.1) is 17.2 Å². The number of hydrogen-bond donors (Lipinski definition) is 3. The number of nitrogens with one attached hydrogen (secondary N) is 1. The predicted molar refractivity (Wildman–Crippen MR) is 63.3 cm³/mol. The lowest BCUT2D eigenvalue weighted by molar-refractivity contribution is 0.0999. The van der Waals surface area contributed by atoms with E-state index in [1.54, 1.807) is 6.42 Å². The van der Waals surface area contributed by atoms with Gasteiger partial charge in [-0.2, -0.15) is 0 Å². The number of aliphatic hydroxyl groups excluding tert-OH is 1. The summed E-state index contributed by atoms with van der Waals surface area (Å²) in [5, 5.41) is 11.2. The van der Waals surface area contributed by atoms with E-state index in [0.717, 1.165) is 0 Å². The van der Waals surface area contributed by atoms with E-state index in [2.05, 4.69) is 5.32 Å². The highest BCUT2D eigenvalue weighted by molar-refractivity contribution is 6.34. The SMILES string of the molecule is NC(=O)c1c([CH]CNCCO)ccc(F)c1Cl. The van der Waals surface area contributed by atoms with Gasteiger partial charge in [0.25, 0.3) is 5.91 Å². The summed E-state index contributed by atoms with van der Waals surface area (Å²) in [5.41, 5.74) is 5.58. The number of rotatable bonds is 6. The minimum absolute atomic E-state index is 0.0146. The molecule has 4 N–H and O–H groups in total. The van der Waals surface area contributed by atoms with E-state index in [4.69, 9.17) is 22.4 Å². The van der Waals surface area contributed by atoms with Crippen LogP contribution in [0.3, 0.4) is 0 Å². The smallest absolute Gasteiger partial charge is 0.250 e. The summed E-state index contributed by atoms with van der Waals surface area (Å²) in [6.07, 6.45) is 1.65. The fourth-order valence-electron chi connectivity index (χ4n) is 1.35. The molecule has 0 aliphatic rings. The van der Waals surface area contributed by atoms with Crippen molar-refractivity contribution < 1.29 is 14.3 Å². The van der Waals surface area contributed by atoms with Crippen LogP contribution in [0.4, 0.5) is 4.39 Å². The van der Waals surface area contributed by atoms with Gasteiger partial charge in [0.15, 0.2) is 0 Å².